The molecule has 0 aromatic heterocycles. The zero-order chi connectivity index (χ0) is 41.7. The number of nitrogen functional groups attached to an aromatic ring is 1. The fourth-order valence-electron chi connectivity index (χ4n) is 7.13. The van der Waals surface area contributed by atoms with Crippen molar-refractivity contribution in [2.45, 2.75) is 97.8 Å². The van der Waals surface area contributed by atoms with Crippen LogP contribution in [-0.2, 0) is 6.42 Å². The number of aryl methyl sites for hydroxylation is 1. The Kier molecular flexibility index (Phi) is 14.8. The molecule has 0 bridgehead atoms. The Labute approximate surface area is 347 Å². The minimum Gasteiger partial charge on any atom is -0.504 e. The second kappa shape index (κ2) is 20.5. The molecule has 10 nitrogen and oxygen atoms in total. The zero-order valence-corrected chi connectivity index (χ0v) is 34.4. The number of phenolic OH excluding ortho intramolecular Hbond substituents is 2. The number of benzene rings is 5. The van der Waals surface area contributed by atoms with Crippen LogP contribution < -0.4 is 30.0 Å². The monoisotopic (exact) mass is 800 g/mol. The predicted octanol–water partition coefficient (Wildman–Crippen LogP) is 12.4. The van der Waals surface area contributed by atoms with Crippen LogP contribution in [0.15, 0.2) is 84.9 Å². The van der Waals surface area contributed by atoms with E-state index in [1.165, 1.54) is 17.7 Å². The molecule has 1 aliphatic carbocycles. The number of hydrogen-bond acceptors (Lipinski definition) is 10. The topological polar surface area (TPSA) is 150 Å². The number of phenols is 2. The molecule has 5 aromatic rings. The number of unbranched alkanes of at least 4 members (excludes halogenated alkanes) is 8. The molecule has 5 N–H and O–H groups in total. The quantitative estimate of drug-likeness (QED) is 0.0297. The van der Waals surface area contributed by atoms with E-state index in [-0.39, 0.29) is 45.1 Å². The van der Waals surface area contributed by atoms with E-state index < -0.39 is 23.1 Å². The van der Waals surface area contributed by atoms with Crippen LogP contribution in [-0.4, -0.2) is 35.0 Å². The lowest BCUT2D eigenvalue weighted by Gasteiger charge is -2.25. The van der Waals surface area contributed by atoms with Crippen LogP contribution in [0, 0.1) is 0 Å². The van der Waals surface area contributed by atoms with Gasteiger partial charge in [0.1, 0.15) is 23.0 Å². The number of carbonyl (C=O) groups excluding carboxylic acids is 2. The summed E-state index contributed by atoms with van der Waals surface area (Å²) in [6.07, 6.45) is 13.0. The molecule has 6 rings (SSSR count). The van der Waals surface area contributed by atoms with Gasteiger partial charge in [0.05, 0.1) is 41.2 Å². The predicted molar refractivity (Wildman–Crippen MR) is 233 cm³/mol. The highest BCUT2D eigenvalue weighted by Gasteiger charge is 2.40. The van der Waals surface area contributed by atoms with Gasteiger partial charge in [-0.2, -0.15) is 0 Å². The van der Waals surface area contributed by atoms with E-state index in [1.54, 1.807) is 48.5 Å². The third-order valence-electron chi connectivity index (χ3n) is 10.4. The number of ketones is 2. The number of anilines is 3. The molecule has 0 saturated carbocycles. The van der Waals surface area contributed by atoms with Crippen molar-refractivity contribution in [1.82, 2.24) is 0 Å². The maximum atomic E-state index is 14.6. The Bertz CT molecular complexity index is 2200. The van der Waals surface area contributed by atoms with Crippen LogP contribution >= 0.6 is 0 Å². The van der Waals surface area contributed by atoms with Gasteiger partial charge in [-0.25, -0.2) is 0 Å². The van der Waals surface area contributed by atoms with E-state index in [9.17, 15) is 19.8 Å². The first kappa shape index (κ1) is 42.4. The van der Waals surface area contributed by atoms with E-state index >= 15 is 0 Å². The van der Waals surface area contributed by atoms with Crippen LogP contribution in [0.5, 0.6) is 46.0 Å². The second-order valence-electron chi connectivity index (χ2n) is 15.0. The molecule has 0 fully saturated rings. The SMILES string of the molecule is CCCCCCOc1ccc(Oc2cc(N)c3c(c2O)C(=O)c2c(Nc4ccc(CCCCC)cc4)cc(Oc4ccc(OCCCCCC)cc4)c(O)c2C3=O)cc1. The lowest BCUT2D eigenvalue weighted by molar-refractivity contribution is 0.0974. The van der Waals surface area contributed by atoms with Gasteiger partial charge in [-0.1, -0.05) is 84.3 Å². The van der Waals surface area contributed by atoms with Crippen molar-refractivity contribution >= 4 is 28.6 Å². The van der Waals surface area contributed by atoms with Gasteiger partial charge in [-0.05, 0) is 91.9 Å². The third-order valence-corrected chi connectivity index (χ3v) is 10.4. The molecule has 1 aliphatic rings. The Hall–Kier alpha value is -6.16. The van der Waals surface area contributed by atoms with Crippen LogP contribution in [0.3, 0.4) is 0 Å². The third kappa shape index (κ3) is 10.5. The number of nitrogens with two attached hydrogens (primary N) is 1. The van der Waals surface area contributed by atoms with Crippen molar-refractivity contribution in [1.29, 1.82) is 0 Å². The summed E-state index contributed by atoms with van der Waals surface area (Å²) < 4.78 is 23.9. The van der Waals surface area contributed by atoms with E-state index in [1.807, 2.05) is 24.3 Å². The Morgan fingerprint density at radius 3 is 1.51 bits per heavy atom. The van der Waals surface area contributed by atoms with E-state index in [0.717, 1.165) is 77.0 Å². The van der Waals surface area contributed by atoms with Gasteiger partial charge in [0.15, 0.2) is 23.0 Å². The van der Waals surface area contributed by atoms with Crippen LogP contribution in [0.25, 0.3) is 0 Å². The number of hydrogen-bond donors (Lipinski definition) is 4. The van der Waals surface area contributed by atoms with Crippen molar-refractivity contribution in [2.24, 2.45) is 0 Å². The van der Waals surface area contributed by atoms with Crippen molar-refractivity contribution in [3.8, 4) is 46.0 Å². The van der Waals surface area contributed by atoms with Gasteiger partial charge in [-0.3, -0.25) is 9.59 Å². The molecule has 0 saturated heterocycles. The minimum atomic E-state index is -0.751. The highest BCUT2D eigenvalue weighted by molar-refractivity contribution is 6.34. The van der Waals surface area contributed by atoms with Gasteiger partial charge in [-0.15, -0.1) is 0 Å². The van der Waals surface area contributed by atoms with Gasteiger partial charge < -0.3 is 40.2 Å². The normalized spacial score (nSPS) is 11.8. The van der Waals surface area contributed by atoms with Gasteiger partial charge in [0.2, 0.25) is 11.6 Å². The average molecular weight is 801 g/mol. The summed E-state index contributed by atoms with van der Waals surface area (Å²) in [5, 5.41) is 26.6. The molecule has 0 heterocycles. The minimum absolute atomic E-state index is 0.0589. The first-order valence-corrected chi connectivity index (χ1v) is 21.0. The molecule has 0 radical (unpaired) electrons. The molecule has 0 spiro atoms. The summed E-state index contributed by atoms with van der Waals surface area (Å²) in [6, 6.07) is 24.5. The number of aromatic hydroxyl groups is 2. The average Bonchev–Trinajstić information content (AvgIpc) is 3.24. The Balaban J connectivity index is 1.31. The van der Waals surface area contributed by atoms with Crippen molar-refractivity contribution in [3.05, 3.63) is 113 Å². The molecule has 0 atom stereocenters. The molecule has 10 heteroatoms. The maximum Gasteiger partial charge on any atom is 0.200 e. The Morgan fingerprint density at radius 1 is 0.525 bits per heavy atom. The van der Waals surface area contributed by atoms with Crippen LogP contribution in [0.2, 0.25) is 0 Å². The van der Waals surface area contributed by atoms with Crippen molar-refractivity contribution in [2.75, 3.05) is 24.3 Å². The standard InChI is InChI=1S/C49H56N2O8/c1-4-7-10-13-28-56-34-20-24-36(25-21-34)58-40-30-38(50)42-44(46(40)52)49(55)43-39(51-33-18-16-32(17-19-33)15-12-9-6-3)31-41(47(53)45(43)48(42)54)59-37-26-22-35(23-27-37)57-29-14-11-8-5-2/h16-27,30-31,51-53H,4-15,28-29,50H2,1-3H3. The molecular formula is C49H56N2O8. The molecule has 310 valence electrons. The first-order chi connectivity index (χ1) is 28.7. The summed E-state index contributed by atoms with van der Waals surface area (Å²) in [4.78, 5) is 29.0. The summed E-state index contributed by atoms with van der Waals surface area (Å²) >= 11 is 0. The first-order valence-electron chi connectivity index (χ1n) is 21.0. The smallest absolute Gasteiger partial charge is 0.200 e. The number of nitrogens with one attached hydrogen (secondary N) is 1. The lowest BCUT2D eigenvalue weighted by Crippen LogP contribution is -2.24. The summed E-state index contributed by atoms with van der Waals surface area (Å²) in [5.74, 6) is -0.640. The summed E-state index contributed by atoms with van der Waals surface area (Å²) in [7, 11) is 0. The fourth-order valence-corrected chi connectivity index (χ4v) is 7.13. The highest BCUT2D eigenvalue weighted by atomic mass is 16.5. The van der Waals surface area contributed by atoms with E-state index in [4.69, 9.17) is 24.7 Å². The second-order valence-corrected chi connectivity index (χ2v) is 15.0. The molecule has 5 aromatic carbocycles. The maximum absolute atomic E-state index is 14.6. The fraction of sp³-hybridized carbons (Fsp3) is 0.347. The van der Waals surface area contributed by atoms with E-state index in [0.29, 0.717) is 41.9 Å². The number of rotatable bonds is 22. The van der Waals surface area contributed by atoms with Gasteiger partial charge in [0, 0.05) is 23.5 Å². The molecular weight excluding hydrogens is 745 g/mol. The van der Waals surface area contributed by atoms with Gasteiger partial charge >= 0.3 is 0 Å². The summed E-state index contributed by atoms with van der Waals surface area (Å²) in [5.41, 5.74) is 7.37. The van der Waals surface area contributed by atoms with Crippen molar-refractivity contribution in [3.63, 3.8) is 0 Å². The zero-order valence-electron chi connectivity index (χ0n) is 34.4. The van der Waals surface area contributed by atoms with E-state index in [2.05, 4.69) is 26.1 Å². The molecule has 0 amide bonds. The summed E-state index contributed by atoms with van der Waals surface area (Å²) in [6.45, 7) is 7.70. The van der Waals surface area contributed by atoms with Crippen LogP contribution in [0.1, 0.15) is 129 Å². The molecule has 59 heavy (non-hydrogen) atoms. The lowest BCUT2D eigenvalue weighted by atomic mass is 9.81. The number of carbonyl (C=O) groups is 2. The number of fused-ring (bicyclic) bond motifs is 2. The highest BCUT2D eigenvalue weighted by Crippen LogP contribution is 2.50. The van der Waals surface area contributed by atoms with Gasteiger partial charge in [0.25, 0.3) is 0 Å². The molecule has 0 unspecified atom stereocenters. The van der Waals surface area contributed by atoms with Crippen LogP contribution in [0.4, 0.5) is 17.1 Å². The Morgan fingerprint density at radius 2 is 0.983 bits per heavy atom. The largest absolute Gasteiger partial charge is 0.504 e. The van der Waals surface area contributed by atoms with Crippen molar-refractivity contribution < 1.29 is 38.7 Å². The number of ether oxygens (including phenoxy) is 4. The molecule has 0 aliphatic heterocycles.